The number of rotatable bonds is 20. The third-order valence-electron chi connectivity index (χ3n) is 7.79. The Labute approximate surface area is 229 Å². The van der Waals surface area contributed by atoms with Gasteiger partial charge in [-0.2, -0.15) is 0 Å². The maximum atomic E-state index is 15.3. The van der Waals surface area contributed by atoms with Crippen LogP contribution < -0.4 is 0 Å². The monoisotopic (exact) mass is 548 g/mol. The molecule has 2 nitrogen and oxygen atoms in total. The average molecular weight is 549 g/mol. The Morgan fingerprint density at radius 2 is 0.889 bits per heavy atom. The van der Waals surface area contributed by atoms with Gasteiger partial charge in [0.25, 0.3) is 0 Å². The van der Waals surface area contributed by atoms with Gasteiger partial charge >= 0.3 is 230 Å². The van der Waals surface area contributed by atoms with Crippen molar-refractivity contribution in [1.82, 2.24) is 0 Å². The second-order valence-corrected chi connectivity index (χ2v) is 23.7. The zero-order chi connectivity index (χ0) is 28.1. The molecule has 2 atom stereocenters. The first-order valence-electron chi connectivity index (χ1n) is 15.8. The van der Waals surface area contributed by atoms with Crippen LogP contribution in [0.25, 0.3) is 0 Å². The van der Waals surface area contributed by atoms with E-state index in [0.717, 1.165) is 25.2 Å². The predicted molar refractivity (Wildman–Crippen MR) is 171 cm³/mol. The fourth-order valence-electron chi connectivity index (χ4n) is 6.80. The topological polar surface area (TPSA) is 26.3 Å². The number of unbranched alkanes of at least 4 members (excludes halogenated alkanes) is 4. The van der Waals surface area contributed by atoms with Crippen LogP contribution in [0, 0.1) is 22.7 Å². The Hall–Kier alpha value is 0.620. The van der Waals surface area contributed by atoms with Crippen molar-refractivity contribution >= 4 is 14.2 Å². The van der Waals surface area contributed by atoms with Gasteiger partial charge in [0.2, 0.25) is 0 Å². The van der Waals surface area contributed by atoms with Crippen molar-refractivity contribution in [3.63, 3.8) is 0 Å². The Morgan fingerprint density at radius 1 is 0.611 bits per heavy atom. The molecule has 0 aromatic carbocycles. The average Bonchev–Trinajstić information content (AvgIpc) is 2.70. The van der Waals surface area contributed by atoms with Crippen LogP contribution in [0.1, 0.15) is 147 Å². The van der Waals surface area contributed by atoms with Gasteiger partial charge in [0, 0.05) is 0 Å². The first-order valence-corrected chi connectivity index (χ1v) is 20.7. The van der Waals surface area contributed by atoms with Gasteiger partial charge in [-0.25, -0.2) is 0 Å². The van der Waals surface area contributed by atoms with Crippen LogP contribution in [-0.2, 0) is 8.88 Å². The molecule has 0 aliphatic rings. The van der Waals surface area contributed by atoms with Crippen molar-refractivity contribution in [1.29, 1.82) is 0 Å². The molecular formula is C32H70O2P2. The van der Waals surface area contributed by atoms with Crippen LogP contribution in [0.4, 0.5) is 0 Å². The van der Waals surface area contributed by atoms with E-state index in [2.05, 4.69) is 83.1 Å². The normalized spacial score (nSPS) is 17.8. The van der Waals surface area contributed by atoms with E-state index in [4.69, 9.17) is 4.31 Å². The summed E-state index contributed by atoms with van der Waals surface area (Å²) in [5.41, 5.74) is 0.503. The first kappa shape index (κ1) is 36.6. The van der Waals surface area contributed by atoms with Gasteiger partial charge in [0.1, 0.15) is 0 Å². The van der Waals surface area contributed by atoms with Crippen molar-refractivity contribution in [2.45, 2.75) is 147 Å². The van der Waals surface area contributed by atoms with Crippen molar-refractivity contribution in [3.8, 4) is 0 Å². The van der Waals surface area contributed by atoms with Crippen LogP contribution in [0.3, 0.4) is 0 Å². The molecule has 0 aromatic rings. The zero-order valence-corrected chi connectivity index (χ0v) is 29.0. The van der Waals surface area contributed by atoms with Gasteiger partial charge in [-0.1, -0.05) is 0 Å². The van der Waals surface area contributed by atoms with E-state index in [9.17, 15) is 0 Å². The summed E-state index contributed by atoms with van der Waals surface area (Å²) in [6.45, 7) is 25.3. The van der Waals surface area contributed by atoms with Gasteiger partial charge in [-0.05, 0) is 0 Å². The molecule has 2 unspecified atom stereocenters. The third kappa shape index (κ3) is 14.7. The Kier molecular flexibility index (Phi) is 16.3. The van der Waals surface area contributed by atoms with Gasteiger partial charge in [-0.3, -0.25) is 0 Å². The molecule has 0 saturated heterocycles. The molecule has 0 radical (unpaired) electrons. The van der Waals surface area contributed by atoms with E-state index in [1.807, 2.05) is 0 Å². The van der Waals surface area contributed by atoms with Crippen LogP contribution in [0.5, 0.6) is 0 Å². The van der Waals surface area contributed by atoms with E-state index < -0.39 is 14.2 Å². The van der Waals surface area contributed by atoms with Crippen LogP contribution in [-0.4, -0.2) is 37.0 Å². The Bertz CT molecular complexity index is 558. The molecule has 0 fully saturated rings. The quantitative estimate of drug-likeness (QED) is 0.141. The molecule has 0 saturated carbocycles. The van der Waals surface area contributed by atoms with Gasteiger partial charge < -0.3 is 0 Å². The summed E-state index contributed by atoms with van der Waals surface area (Å²) in [5, 5.41) is 0. The molecule has 220 valence electrons. The Balaban J connectivity index is 6.65. The maximum absolute atomic E-state index is 15.3. The van der Waals surface area contributed by atoms with E-state index in [1.54, 1.807) is 0 Å². The fourth-order valence-corrected chi connectivity index (χ4v) is 20.1. The van der Waals surface area contributed by atoms with Crippen LogP contribution >= 0.6 is 14.2 Å². The number of hydrogen-bond donors (Lipinski definition) is 0. The van der Waals surface area contributed by atoms with Crippen LogP contribution in [0.15, 0.2) is 0 Å². The summed E-state index contributed by atoms with van der Waals surface area (Å²) in [7, 11) is -2.79. The summed E-state index contributed by atoms with van der Waals surface area (Å²) in [5.74, 6) is 0.851. The summed E-state index contributed by atoms with van der Waals surface area (Å²) in [4.78, 5) is 0. The minimum atomic E-state index is -2.79. The molecule has 0 heterocycles. The fraction of sp³-hybridized carbons (Fsp3) is 1.00. The van der Waals surface area contributed by atoms with Gasteiger partial charge in [-0.15, -0.1) is 0 Å². The van der Waals surface area contributed by atoms with Crippen LogP contribution in [0.2, 0.25) is 0 Å². The van der Waals surface area contributed by atoms with Crippen molar-refractivity contribution in [2.24, 2.45) is 22.7 Å². The molecule has 0 aliphatic carbocycles. The van der Waals surface area contributed by atoms with Gasteiger partial charge in [0.15, 0.2) is 0 Å². The molecule has 0 spiro atoms. The third-order valence-corrected chi connectivity index (χ3v) is 19.0. The molecule has 0 aromatic heterocycles. The van der Waals surface area contributed by atoms with E-state index in [1.165, 1.54) is 76.0 Å². The van der Waals surface area contributed by atoms with Crippen molar-refractivity contribution in [3.05, 3.63) is 0 Å². The molecule has 0 N–H and O–H groups in total. The second-order valence-electron chi connectivity index (χ2n) is 15.2. The predicted octanol–water partition coefficient (Wildman–Crippen LogP) is 12.1. The number of hydrogen-bond acceptors (Lipinski definition) is 2. The molecular weight excluding hydrogens is 478 g/mol. The SMILES string of the molecule is CCCCP(CCCC)(CCCC)(CCCC)OP(=O)(CC(C)CC(C)(C)C)CC(C)CC(C)(C)C. The molecule has 0 rings (SSSR count). The first-order chi connectivity index (χ1) is 16.5. The molecule has 4 heteroatoms. The molecule has 0 aliphatic heterocycles. The van der Waals surface area contributed by atoms with Crippen molar-refractivity contribution < 1.29 is 8.88 Å². The molecule has 36 heavy (non-hydrogen) atoms. The molecule has 0 bridgehead atoms. The van der Waals surface area contributed by atoms with E-state index >= 15 is 4.57 Å². The van der Waals surface area contributed by atoms with Gasteiger partial charge in [0.05, 0.1) is 0 Å². The van der Waals surface area contributed by atoms with E-state index in [-0.39, 0.29) is 10.8 Å². The van der Waals surface area contributed by atoms with Crippen molar-refractivity contribution in [2.75, 3.05) is 37.0 Å². The Morgan fingerprint density at radius 3 is 1.11 bits per heavy atom. The molecule has 0 amide bonds. The minimum absolute atomic E-state index is 0.252. The summed E-state index contributed by atoms with van der Waals surface area (Å²) in [6, 6.07) is 0. The van der Waals surface area contributed by atoms with E-state index in [0.29, 0.717) is 11.8 Å². The standard InChI is InChI=1S/C32H70O2P2/c1-13-17-21-36(22-18-14-2,23-19-15-3,24-20-16-4)34-35(33,27-29(5)25-31(7,8)9)28-30(6)26-32(10,11)12/h29-30H,13-28H2,1-12H3. The second kappa shape index (κ2) is 16.0. The summed E-state index contributed by atoms with van der Waals surface area (Å²) < 4.78 is 23.0. The summed E-state index contributed by atoms with van der Waals surface area (Å²) in [6.07, 6.45) is 18.3. The zero-order valence-electron chi connectivity index (χ0n) is 27.2. The summed E-state index contributed by atoms with van der Waals surface area (Å²) >= 11 is 0.